The molecule has 10 heteroatoms. The summed E-state index contributed by atoms with van der Waals surface area (Å²) in [6, 6.07) is 5.14. The summed E-state index contributed by atoms with van der Waals surface area (Å²) in [5, 5.41) is 3.02. The van der Waals surface area contributed by atoms with E-state index in [0.29, 0.717) is 17.1 Å². The monoisotopic (exact) mass is 409 g/mol. The number of ether oxygens (including phenoxy) is 1. The van der Waals surface area contributed by atoms with Crippen molar-refractivity contribution in [2.75, 3.05) is 19.0 Å². The van der Waals surface area contributed by atoms with Crippen molar-refractivity contribution < 1.29 is 22.7 Å². The van der Waals surface area contributed by atoms with Crippen molar-refractivity contribution in [2.24, 2.45) is 5.73 Å². The van der Waals surface area contributed by atoms with E-state index < -0.39 is 11.7 Å². The van der Waals surface area contributed by atoms with Crippen LogP contribution in [-0.4, -0.2) is 30.6 Å². The van der Waals surface area contributed by atoms with Gasteiger partial charge in [-0.2, -0.15) is 13.2 Å². The van der Waals surface area contributed by atoms with Crippen LogP contribution in [0.5, 0.6) is 0 Å². The Morgan fingerprint density at radius 2 is 2.15 bits per heavy atom. The summed E-state index contributed by atoms with van der Waals surface area (Å²) in [5.74, 6) is -0.280. The second kappa shape index (κ2) is 9.86. The number of benzene rings is 1. The molecule has 26 heavy (non-hydrogen) atoms. The van der Waals surface area contributed by atoms with Crippen LogP contribution in [0.25, 0.3) is 0 Å². The second-order valence-electron chi connectivity index (χ2n) is 5.35. The van der Waals surface area contributed by atoms with Gasteiger partial charge in [0.15, 0.2) is 5.13 Å². The summed E-state index contributed by atoms with van der Waals surface area (Å²) < 4.78 is 43.3. The first kappa shape index (κ1) is 22.4. The Hall–Kier alpha value is -1.68. The zero-order valence-electron chi connectivity index (χ0n) is 13.9. The number of carbonyl (C=O) groups excluding carboxylic acids is 1. The minimum Gasteiger partial charge on any atom is -0.380 e. The van der Waals surface area contributed by atoms with E-state index in [1.165, 1.54) is 30.7 Å². The Labute approximate surface area is 159 Å². The van der Waals surface area contributed by atoms with E-state index in [1.54, 1.807) is 6.07 Å². The highest BCUT2D eigenvalue weighted by molar-refractivity contribution is 7.15. The molecule has 0 aliphatic heterocycles. The van der Waals surface area contributed by atoms with Crippen molar-refractivity contribution in [3.8, 4) is 0 Å². The number of alkyl halides is 3. The number of halogens is 4. The standard InChI is InChI=1S/C16H18F3N3O2S.ClH/c1-24-12(8-20)7-14(23)22-15-21-9-13(25-15)6-10-3-2-4-11(5-10)16(17,18)19;/h2-5,9,12H,6-8,20H2,1H3,(H,21,22,23);1H. The van der Waals surface area contributed by atoms with Crippen LogP contribution in [0.3, 0.4) is 0 Å². The Morgan fingerprint density at radius 3 is 2.77 bits per heavy atom. The number of nitrogens with two attached hydrogens (primary N) is 1. The molecule has 144 valence electrons. The first-order chi connectivity index (χ1) is 11.8. The van der Waals surface area contributed by atoms with Crippen molar-refractivity contribution in [3.63, 3.8) is 0 Å². The molecule has 5 nitrogen and oxygen atoms in total. The Bertz CT molecular complexity index is 721. The molecule has 3 N–H and O–H groups in total. The minimum atomic E-state index is -4.37. The molecule has 1 amide bonds. The summed E-state index contributed by atoms with van der Waals surface area (Å²) in [6.07, 6.45) is -2.79. The van der Waals surface area contributed by atoms with Gasteiger partial charge in [-0.05, 0) is 11.6 Å². The number of hydrogen-bond acceptors (Lipinski definition) is 5. The van der Waals surface area contributed by atoms with Gasteiger partial charge in [0.1, 0.15) is 0 Å². The average Bonchev–Trinajstić information content (AvgIpc) is 2.98. The molecular formula is C16H19ClF3N3O2S. The number of carbonyl (C=O) groups is 1. The topological polar surface area (TPSA) is 77.2 Å². The van der Waals surface area contributed by atoms with Crippen LogP contribution < -0.4 is 11.1 Å². The highest BCUT2D eigenvalue weighted by Gasteiger charge is 2.30. The quantitative estimate of drug-likeness (QED) is 0.734. The molecule has 0 fully saturated rings. The number of nitrogens with one attached hydrogen (secondary N) is 1. The van der Waals surface area contributed by atoms with E-state index >= 15 is 0 Å². The fourth-order valence-electron chi connectivity index (χ4n) is 2.15. The molecule has 0 radical (unpaired) electrons. The molecule has 2 rings (SSSR count). The number of thiazole rings is 1. The van der Waals surface area contributed by atoms with Crippen LogP contribution in [0.15, 0.2) is 30.5 Å². The lowest BCUT2D eigenvalue weighted by molar-refractivity contribution is -0.137. The van der Waals surface area contributed by atoms with E-state index in [-0.39, 0.29) is 37.4 Å². The molecule has 0 aliphatic rings. The normalized spacial score (nSPS) is 12.3. The third-order valence-corrected chi connectivity index (χ3v) is 4.35. The van der Waals surface area contributed by atoms with Gasteiger partial charge < -0.3 is 15.8 Å². The summed E-state index contributed by atoms with van der Waals surface area (Å²) in [6.45, 7) is 0.225. The van der Waals surface area contributed by atoms with Crippen molar-refractivity contribution in [1.82, 2.24) is 4.98 Å². The summed E-state index contributed by atoms with van der Waals surface area (Å²) >= 11 is 1.22. The number of rotatable bonds is 7. The highest BCUT2D eigenvalue weighted by Crippen LogP contribution is 2.30. The van der Waals surface area contributed by atoms with Crippen LogP contribution in [-0.2, 0) is 22.1 Å². The van der Waals surface area contributed by atoms with Gasteiger partial charge in [0, 0.05) is 31.1 Å². The van der Waals surface area contributed by atoms with E-state index in [9.17, 15) is 18.0 Å². The molecule has 1 unspecified atom stereocenters. The van der Waals surface area contributed by atoms with Gasteiger partial charge in [0.2, 0.25) is 5.91 Å². The summed E-state index contributed by atoms with van der Waals surface area (Å²) in [4.78, 5) is 16.7. The predicted molar refractivity (Wildman–Crippen MR) is 96.7 cm³/mol. The molecule has 0 saturated heterocycles. The number of hydrogen-bond donors (Lipinski definition) is 2. The van der Waals surface area contributed by atoms with Crippen molar-refractivity contribution in [2.45, 2.75) is 25.1 Å². The fourth-order valence-corrected chi connectivity index (χ4v) is 3.01. The maximum absolute atomic E-state index is 12.7. The van der Waals surface area contributed by atoms with Crippen LogP contribution in [0.1, 0.15) is 22.4 Å². The lowest BCUT2D eigenvalue weighted by Crippen LogP contribution is -2.28. The van der Waals surface area contributed by atoms with Crippen molar-refractivity contribution in [1.29, 1.82) is 0 Å². The van der Waals surface area contributed by atoms with Crippen LogP contribution in [0.2, 0.25) is 0 Å². The number of aromatic nitrogens is 1. The van der Waals surface area contributed by atoms with Gasteiger partial charge >= 0.3 is 6.18 Å². The lowest BCUT2D eigenvalue weighted by atomic mass is 10.1. The SMILES string of the molecule is COC(CN)CC(=O)Nc1ncc(Cc2cccc(C(F)(F)F)c2)s1.Cl. The van der Waals surface area contributed by atoms with E-state index in [4.69, 9.17) is 10.5 Å². The molecule has 1 atom stereocenters. The predicted octanol–water partition coefficient (Wildman–Crippen LogP) is 3.48. The molecule has 1 aromatic carbocycles. The molecule has 0 spiro atoms. The molecule has 2 aromatic rings. The number of nitrogens with zero attached hydrogens (tertiary/aromatic N) is 1. The fraction of sp³-hybridized carbons (Fsp3) is 0.375. The molecule has 1 aromatic heterocycles. The average molecular weight is 410 g/mol. The minimum absolute atomic E-state index is 0. The number of methoxy groups -OCH3 is 1. The zero-order valence-corrected chi connectivity index (χ0v) is 15.5. The Balaban J connectivity index is 0.00000338. The third-order valence-electron chi connectivity index (χ3n) is 3.44. The van der Waals surface area contributed by atoms with Crippen molar-refractivity contribution in [3.05, 3.63) is 46.5 Å². The highest BCUT2D eigenvalue weighted by atomic mass is 35.5. The van der Waals surface area contributed by atoms with Gasteiger partial charge in [-0.15, -0.1) is 23.7 Å². The first-order valence-corrected chi connectivity index (χ1v) is 8.27. The molecule has 0 saturated carbocycles. The molecule has 1 heterocycles. The second-order valence-corrected chi connectivity index (χ2v) is 6.47. The Morgan fingerprint density at radius 1 is 1.42 bits per heavy atom. The maximum atomic E-state index is 12.7. The maximum Gasteiger partial charge on any atom is 0.416 e. The van der Waals surface area contributed by atoms with Crippen LogP contribution >= 0.6 is 23.7 Å². The van der Waals surface area contributed by atoms with Crippen molar-refractivity contribution >= 4 is 34.8 Å². The van der Waals surface area contributed by atoms with Gasteiger partial charge in [-0.1, -0.05) is 18.2 Å². The lowest BCUT2D eigenvalue weighted by Gasteiger charge is -2.11. The molecule has 0 bridgehead atoms. The van der Waals surface area contributed by atoms with Gasteiger partial charge in [0.05, 0.1) is 18.1 Å². The van der Waals surface area contributed by atoms with E-state index in [2.05, 4.69) is 10.3 Å². The van der Waals surface area contributed by atoms with Gasteiger partial charge in [0.25, 0.3) is 0 Å². The summed E-state index contributed by atoms with van der Waals surface area (Å²) in [5.41, 5.74) is 5.30. The molecular weight excluding hydrogens is 391 g/mol. The van der Waals surface area contributed by atoms with Gasteiger partial charge in [-0.25, -0.2) is 4.98 Å². The van der Waals surface area contributed by atoms with E-state index in [1.807, 2.05) is 0 Å². The van der Waals surface area contributed by atoms with Crippen LogP contribution in [0.4, 0.5) is 18.3 Å². The molecule has 0 aliphatic carbocycles. The third kappa shape index (κ3) is 6.56. The Kier molecular flexibility index (Phi) is 8.48. The van der Waals surface area contributed by atoms with E-state index in [0.717, 1.165) is 17.0 Å². The largest absolute Gasteiger partial charge is 0.416 e. The first-order valence-electron chi connectivity index (χ1n) is 7.45. The zero-order chi connectivity index (χ0) is 18.4. The number of anilines is 1. The number of amides is 1. The summed E-state index contributed by atoms with van der Waals surface area (Å²) in [7, 11) is 1.47. The van der Waals surface area contributed by atoms with Gasteiger partial charge in [-0.3, -0.25) is 4.79 Å². The smallest absolute Gasteiger partial charge is 0.380 e. The van der Waals surface area contributed by atoms with Crippen LogP contribution in [0, 0.1) is 0 Å².